The fourth-order valence-corrected chi connectivity index (χ4v) is 1.58. The Hall–Kier alpha value is -1.75. The first kappa shape index (κ1) is 13.3. The molecule has 0 unspecified atom stereocenters. The van der Waals surface area contributed by atoms with Gasteiger partial charge in [0, 0.05) is 32.0 Å². The van der Waals surface area contributed by atoms with Crippen molar-refractivity contribution in [1.82, 2.24) is 5.32 Å². The van der Waals surface area contributed by atoms with Gasteiger partial charge in [-0.3, -0.25) is 0 Å². The molecule has 94 valence electrons. The highest BCUT2D eigenvalue weighted by Gasteiger charge is 2.04. The summed E-state index contributed by atoms with van der Waals surface area (Å²) in [6.07, 6.45) is 0. The van der Waals surface area contributed by atoms with Gasteiger partial charge in [-0.25, -0.2) is 4.79 Å². The number of urea groups is 1. The molecule has 0 atom stereocenters. The lowest BCUT2D eigenvalue weighted by Gasteiger charge is -2.16. The summed E-state index contributed by atoms with van der Waals surface area (Å²) < 4.78 is 0. The van der Waals surface area contributed by atoms with Crippen molar-refractivity contribution >= 4 is 17.4 Å². The van der Waals surface area contributed by atoms with Gasteiger partial charge in [0.25, 0.3) is 0 Å². The van der Waals surface area contributed by atoms with E-state index in [1.165, 1.54) is 0 Å². The molecule has 0 heterocycles. The number of amides is 2. The van der Waals surface area contributed by atoms with E-state index in [1.54, 1.807) is 0 Å². The molecule has 0 bridgehead atoms. The Bertz CT molecular complexity index is 391. The molecule has 0 saturated carbocycles. The van der Waals surface area contributed by atoms with Gasteiger partial charge < -0.3 is 20.6 Å². The molecule has 0 aromatic heterocycles. The predicted octanol–water partition coefficient (Wildman–Crippen LogP) is 1.17. The van der Waals surface area contributed by atoms with Gasteiger partial charge in [0.05, 0.1) is 6.61 Å². The molecule has 0 aliphatic rings. The first-order valence-corrected chi connectivity index (χ1v) is 5.48. The Kier molecular flexibility index (Phi) is 4.78. The second-order valence-corrected chi connectivity index (χ2v) is 4.00. The largest absolute Gasteiger partial charge is 0.395 e. The van der Waals surface area contributed by atoms with E-state index >= 15 is 0 Å². The lowest BCUT2D eigenvalue weighted by molar-refractivity contribution is 0.245. The molecule has 0 aliphatic carbocycles. The molecule has 0 spiro atoms. The van der Waals surface area contributed by atoms with Crippen LogP contribution in [0.5, 0.6) is 0 Å². The second kappa shape index (κ2) is 6.10. The van der Waals surface area contributed by atoms with E-state index in [0.717, 1.165) is 16.9 Å². The van der Waals surface area contributed by atoms with Crippen LogP contribution < -0.4 is 15.5 Å². The standard InChI is InChI=1S/C12H19N3O2/c1-9-8-10(4-5-11(9)15(2)3)14-12(17)13-6-7-16/h4-5,8,16H,6-7H2,1-3H3,(H2,13,14,17). The molecule has 1 aromatic carbocycles. The molecule has 0 aliphatic heterocycles. The van der Waals surface area contributed by atoms with E-state index in [4.69, 9.17) is 5.11 Å². The summed E-state index contributed by atoms with van der Waals surface area (Å²) in [5, 5.41) is 13.8. The second-order valence-electron chi connectivity index (χ2n) is 4.00. The van der Waals surface area contributed by atoms with Crippen LogP contribution in [0.2, 0.25) is 0 Å². The van der Waals surface area contributed by atoms with Gasteiger partial charge >= 0.3 is 6.03 Å². The number of rotatable bonds is 4. The van der Waals surface area contributed by atoms with Gasteiger partial charge in [-0.15, -0.1) is 0 Å². The first-order valence-electron chi connectivity index (χ1n) is 5.48. The van der Waals surface area contributed by atoms with E-state index in [2.05, 4.69) is 10.6 Å². The summed E-state index contributed by atoms with van der Waals surface area (Å²) >= 11 is 0. The predicted molar refractivity (Wildman–Crippen MR) is 69.6 cm³/mol. The van der Waals surface area contributed by atoms with Crippen LogP contribution in [0.3, 0.4) is 0 Å². The zero-order chi connectivity index (χ0) is 12.8. The maximum absolute atomic E-state index is 11.4. The SMILES string of the molecule is Cc1cc(NC(=O)NCCO)ccc1N(C)C. The summed E-state index contributed by atoms with van der Waals surface area (Å²) in [5.74, 6) is 0. The molecule has 0 radical (unpaired) electrons. The van der Waals surface area contributed by atoms with E-state index in [9.17, 15) is 4.79 Å². The van der Waals surface area contributed by atoms with Gasteiger partial charge in [0.15, 0.2) is 0 Å². The van der Waals surface area contributed by atoms with Crippen molar-refractivity contribution in [2.75, 3.05) is 37.5 Å². The number of aliphatic hydroxyl groups excluding tert-OH is 1. The normalized spacial score (nSPS) is 9.88. The average molecular weight is 237 g/mol. The topological polar surface area (TPSA) is 64.6 Å². The summed E-state index contributed by atoms with van der Waals surface area (Å²) in [4.78, 5) is 13.4. The monoisotopic (exact) mass is 237 g/mol. The summed E-state index contributed by atoms with van der Waals surface area (Å²) in [6.45, 7) is 2.18. The van der Waals surface area contributed by atoms with Crippen LogP contribution in [0.25, 0.3) is 0 Å². The molecule has 0 fully saturated rings. The van der Waals surface area contributed by atoms with Gasteiger partial charge in [0.1, 0.15) is 0 Å². The zero-order valence-electron chi connectivity index (χ0n) is 10.4. The lowest BCUT2D eigenvalue weighted by Crippen LogP contribution is -2.31. The third-order valence-electron chi connectivity index (χ3n) is 2.33. The molecule has 17 heavy (non-hydrogen) atoms. The lowest BCUT2D eigenvalue weighted by atomic mass is 10.1. The number of anilines is 2. The molecule has 1 rings (SSSR count). The van der Waals surface area contributed by atoms with Crippen LogP contribution in [0.15, 0.2) is 18.2 Å². The van der Waals surface area contributed by atoms with Crippen molar-refractivity contribution < 1.29 is 9.90 Å². The number of carbonyl (C=O) groups excluding carboxylic acids is 1. The maximum atomic E-state index is 11.4. The molecule has 1 aromatic rings. The maximum Gasteiger partial charge on any atom is 0.319 e. The Balaban J connectivity index is 2.67. The highest BCUT2D eigenvalue weighted by atomic mass is 16.3. The number of aryl methyl sites for hydroxylation is 1. The van der Waals surface area contributed by atoms with Crippen LogP contribution in [-0.2, 0) is 0 Å². The number of hydrogen-bond donors (Lipinski definition) is 3. The van der Waals surface area contributed by atoms with Gasteiger partial charge in [-0.05, 0) is 30.7 Å². The quantitative estimate of drug-likeness (QED) is 0.736. The first-order chi connectivity index (χ1) is 8.04. The molecule has 5 nitrogen and oxygen atoms in total. The summed E-state index contributed by atoms with van der Waals surface area (Å²) in [7, 11) is 3.95. The van der Waals surface area contributed by atoms with E-state index in [1.807, 2.05) is 44.1 Å². The third kappa shape index (κ3) is 3.96. The van der Waals surface area contributed by atoms with E-state index in [0.29, 0.717) is 0 Å². The average Bonchev–Trinajstić information content (AvgIpc) is 2.26. The molecule has 3 N–H and O–H groups in total. The van der Waals surface area contributed by atoms with E-state index < -0.39 is 0 Å². The molecule has 0 saturated heterocycles. The van der Waals surface area contributed by atoms with Crippen molar-refractivity contribution in [3.63, 3.8) is 0 Å². The Morgan fingerprint density at radius 2 is 2.12 bits per heavy atom. The van der Waals surface area contributed by atoms with Crippen molar-refractivity contribution in [2.45, 2.75) is 6.92 Å². The molecule has 2 amide bonds. The van der Waals surface area contributed by atoms with Crippen molar-refractivity contribution in [2.24, 2.45) is 0 Å². The van der Waals surface area contributed by atoms with Crippen LogP contribution in [0.1, 0.15) is 5.56 Å². The highest BCUT2D eigenvalue weighted by molar-refractivity contribution is 5.89. The Morgan fingerprint density at radius 1 is 1.41 bits per heavy atom. The van der Waals surface area contributed by atoms with Crippen LogP contribution in [0, 0.1) is 6.92 Å². The third-order valence-corrected chi connectivity index (χ3v) is 2.33. The smallest absolute Gasteiger partial charge is 0.319 e. The molecular formula is C12H19N3O2. The summed E-state index contributed by atoms with van der Waals surface area (Å²) in [5.41, 5.74) is 2.95. The van der Waals surface area contributed by atoms with Gasteiger partial charge in [-0.1, -0.05) is 0 Å². The number of nitrogens with zero attached hydrogens (tertiary/aromatic N) is 1. The molecular weight excluding hydrogens is 218 g/mol. The molecule has 5 heteroatoms. The zero-order valence-corrected chi connectivity index (χ0v) is 10.4. The number of carbonyl (C=O) groups is 1. The van der Waals surface area contributed by atoms with E-state index in [-0.39, 0.29) is 19.2 Å². The van der Waals surface area contributed by atoms with Crippen LogP contribution >= 0.6 is 0 Å². The fraction of sp³-hybridized carbons (Fsp3) is 0.417. The Morgan fingerprint density at radius 3 is 2.65 bits per heavy atom. The number of aliphatic hydroxyl groups is 1. The van der Waals surface area contributed by atoms with Gasteiger partial charge in [0.2, 0.25) is 0 Å². The summed E-state index contributed by atoms with van der Waals surface area (Å²) in [6, 6.07) is 5.40. The minimum atomic E-state index is -0.309. The van der Waals surface area contributed by atoms with Crippen LogP contribution in [0.4, 0.5) is 16.2 Å². The van der Waals surface area contributed by atoms with Crippen molar-refractivity contribution in [1.29, 1.82) is 0 Å². The number of nitrogens with one attached hydrogen (secondary N) is 2. The number of benzene rings is 1. The minimum Gasteiger partial charge on any atom is -0.395 e. The number of hydrogen-bond acceptors (Lipinski definition) is 3. The van der Waals surface area contributed by atoms with Crippen molar-refractivity contribution in [3.05, 3.63) is 23.8 Å². The van der Waals surface area contributed by atoms with Crippen LogP contribution in [-0.4, -0.2) is 38.4 Å². The highest BCUT2D eigenvalue weighted by Crippen LogP contribution is 2.21. The van der Waals surface area contributed by atoms with Gasteiger partial charge in [-0.2, -0.15) is 0 Å². The van der Waals surface area contributed by atoms with Crippen molar-refractivity contribution in [3.8, 4) is 0 Å². The minimum absolute atomic E-state index is 0.0635. The fourth-order valence-electron chi connectivity index (χ4n) is 1.58. The Labute approximate surface area is 101 Å².